The lowest BCUT2D eigenvalue weighted by atomic mass is 9.95. The fraction of sp³-hybridized carbons (Fsp3) is 0.591. The molecule has 2 heterocycles. The molecule has 1 saturated heterocycles. The molecule has 1 amide bonds. The minimum Gasteiger partial charge on any atom is -0.459 e. The van der Waals surface area contributed by atoms with Crippen molar-refractivity contribution in [2.24, 2.45) is 5.92 Å². The van der Waals surface area contributed by atoms with Gasteiger partial charge in [-0.2, -0.15) is 0 Å². The normalized spacial score (nSPS) is 24.1. The first-order valence-corrected chi connectivity index (χ1v) is 10.1. The van der Waals surface area contributed by atoms with Gasteiger partial charge in [0, 0.05) is 24.4 Å². The van der Waals surface area contributed by atoms with Crippen LogP contribution in [-0.2, 0) is 11.3 Å². The number of nitrogens with one attached hydrogen (secondary N) is 1. The molecule has 0 spiro atoms. The number of aliphatic hydroxyl groups is 1. The Kier molecular flexibility index (Phi) is 4.99. The van der Waals surface area contributed by atoms with Gasteiger partial charge in [0.15, 0.2) is 0 Å². The minimum absolute atomic E-state index is 0.109. The number of hydrogen-bond donors (Lipinski definition) is 2. The second-order valence-electron chi connectivity index (χ2n) is 8.50. The number of hydrogen-bond acceptors (Lipinski definition) is 4. The molecular formula is C22H30N2O3. The molecule has 2 N–H and O–H groups in total. The number of furan rings is 1. The summed E-state index contributed by atoms with van der Waals surface area (Å²) in [6, 6.07) is 6.31. The summed E-state index contributed by atoms with van der Waals surface area (Å²) in [5, 5.41) is 15.1. The van der Waals surface area contributed by atoms with Gasteiger partial charge in [0.2, 0.25) is 5.91 Å². The fourth-order valence-corrected chi connectivity index (χ4v) is 4.05. The van der Waals surface area contributed by atoms with E-state index in [2.05, 4.69) is 36.2 Å². The summed E-state index contributed by atoms with van der Waals surface area (Å²) in [6.45, 7) is 7.12. The molecule has 4 rings (SSSR count). The van der Waals surface area contributed by atoms with Gasteiger partial charge in [-0.25, -0.2) is 0 Å². The van der Waals surface area contributed by atoms with Crippen LogP contribution in [0.25, 0.3) is 11.0 Å². The van der Waals surface area contributed by atoms with Gasteiger partial charge < -0.3 is 14.8 Å². The van der Waals surface area contributed by atoms with E-state index in [1.807, 2.05) is 6.07 Å². The van der Waals surface area contributed by atoms with Crippen LogP contribution in [-0.4, -0.2) is 41.1 Å². The molecule has 2 aliphatic rings. The highest BCUT2D eigenvalue weighted by Crippen LogP contribution is 2.30. The van der Waals surface area contributed by atoms with E-state index in [1.165, 1.54) is 16.5 Å². The number of likely N-dealkylation sites (tertiary alicyclic amines) is 1. The number of nitrogens with zero attached hydrogens (tertiary/aromatic N) is 1. The van der Waals surface area contributed by atoms with Crippen molar-refractivity contribution in [2.45, 2.75) is 58.1 Å². The molecule has 146 valence electrons. The summed E-state index contributed by atoms with van der Waals surface area (Å²) in [5.74, 6) is 1.32. The Bertz CT molecular complexity index is 839. The van der Waals surface area contributed by atoms with Crippen LogP contribution in [0.2, 0.25) is 0 Å². The van der Waals surface area contributed by atoms with E-state index in [9.17, 15) is 9.90 Å². The molecule has 1 aromatic heterocycles. The van der Waals surface area contributed by atoms with Crippen molar-refractivity contribution in [3.8, 4) is 0 Å². The summed E-state index contributed by atoms with van der Waals surface area (Å²) in [6.07, 6.45) is 4.32. The molecule has 0 unspecified atom stereocenters. The fourth-order valence-electron chi connectivity index (χ4n) is 4.05. The van der Waals surface area contributed by atoms with Gasteiger partial charge >= 0.3 is 0 Å². The summed E-state index contributed by atoms with van der Waals surface area (Å²) in [4.78, 5) is 14.2. The third-order valence-electron chi connectivity index (χ3n) is 6.11. The molecule has 5 heteroatoms. The largest absolute Gasteiger partial charge is 0.459 e. The average Bonchev–Trinajstić information content (AvgIpc) is 3.46. The lowest BCUT2D eigenvalue weighted by Gasteiger charge is -2.27. The van der Waals surface area contributed by atoms with Crippen molar-refractivity contribution in [1.82, 2.24) is 10.2 Å². The molecule has 5 nitrogen and oxygen atoms in total. The molecule has 1 aromatic carbocycles. The number of carbonyl (C=O) groups excluding carboxylic acids is 1. The second-order valence-corrected chi connectivity index (χ2v) is 8.50. The average molecular weight is 370 g/mol. The zero-order valence-electron chi connectivity index (χ0n) is 16.4. The third kappa shape index (κ3) is 4.19. The van der Waals surface area contributed by atoms with Crippen molar-refractivity contribution in [3.05, 3.63) is 35.1 Å². The van der Waals surface area contributed by atoms with Crippen LogP contribution in [0, 0.1) is 19.8 Å². The van der Waals surface area contributed by atoms with Crippen LogP contribution >= 0.6 is 0 Å². The molecule has 2 fully saturated rings. The zero-order chi connectivity index (χ0) is 19.0. The first-order chi connectivity index (χ1) is 12.9. The topological polar surface area (TPSA) is 65.7 Å². The standard InChI is InChI=1S/C22H30N2O3/c1-15-4-7-19-18(12-15)16(2)20(27-19)13-24-10-3-8-22(26,9-11-24)14-23-21(25)17-5-6-17/h4,7,12,17,26H,3,5-6,8-11,13-14H2,1-2H3,(H,23,25)/t22-/m0/s1. The second kappa shape index (κ2) is 7.28. The number of carbonyl (C=O) groups is 1. The van der Waals surface area contributed by atoms with Crippen LogP contribution in [0.3, 0.4) is 0 Å². The Balaban J connectivity index is 1.38. The highest BCUT2D eigenvalue weighted by Gasteiger charge is 2.34. The van der Waals surface area contributed by atoms with Gasteiger partial charge in [0.1, 0.15) is 11.3 Å². The molecule has 1 aliphatic heterocycles. The lowest BCUT2D eigenvalue weighted by Crippen LogP contribution is -2.44. The van der Waals surface area contributed by atoms with Crippen LogP contribution < -0.4 is 5.32 Å². The van der Waals surface area contributed by atoms with Crippen LogP contribution in [0.4, 0.5) is 0 Å². The van der Waals surface area contributed by atoms with Gasteiger partial charge in [-0.3, -0.25) is 9.69 Å². The molecule has 1 atom stereocenters. The summed E-state index contributed by atoms with van der Waals surface area (Å²) >= 11 is 0. The quantitative estimate of drug-likeness (QED) is 0.848. The molecule has 0 radical (unpaired) electrons. The summed E-state index contributed by atoms with van der Waals surface area (Å²) in [7, 11) is 0. The minimum atomic E-state index is -0.792. The maximum atomic E-state index is 11.9. The number of amides is 1. The lowest BCUT2D eigenvalue weighted by molar-refractivity contribution is -0.123. The van der Waals surface area contributed by atoms with Crippen molar-refractivity contribution >= 4 is 16.9 Å². The van der Waals surface area contributed by atoms with Crippen LogP contribution in [0.15, 0.2) is 22.6 Å². The van der Waals surface area contributed by atoms with Crippen LogP contribution in [0.1, 0.15) is 49.0 Å². The number of rotatable bonds is 5. The van der Waals surface area contributed by atoms with E-state index in [4.69, 9.17) is 4.42 Å². The van der Waals surface area contributed by atoms with E-state index < -0.39 is 5.60 Å². The van der Waals surface area contributed by atoms with Crippen molar-refractivity contribution in [2.75, 3.05) is 19.6 Å². The van der Waals surface area contributed by atoms with E-state index in [1.54, 1.807) is 0 Å². The highest BCUT2D eigenvalue weighted by molar-refractivity contribution is 5.82. The first-order valence-electron chi connectivity index (χ1n) is 10.1. The Morgan fingerprint density at radius 1 is 1.30 bits per heavy atom. The SMILES string of the molecule is Cc1ccc2oc(CN3CCC[C@@](O)(CNC(=O)C4CC4)CC3)c(C)c2c1. The number of benzene rings is 1. The Morgan fingerprint density at radius 3 is 2.89 bits per heavy atom. The van der Waals surface area contributed by atoms with Gasteiger partial charge in [-0.1, -0.05) is 11.6 Å². The maximum absolute atomic E-state index is 11.9. The molecular weight excluding hydrogens is 340 g/mol. The van der Waals surface area contributed by atoms with Crippen molar-refractivity contribution < 1.29 is 14.3 Å². The van der Waals surface area contributed by atoms with Gasteiger partial charge in [0.25, 0.3) is 0 Å². The predicted molar refractivity (Wildman–Crippen MR) is 105 cm³/mol. The zero-order valence-corrected chi connectivity index (χ0v) is 16.4. The van der Waals surface area contributed by atoms with E-state index >= 15 is 0 Å². The Labute approximate surface area is 160 Å². The number of fused-ring (bicyclic) bond motifs is 1. The Morgan fingerprint density at radius 2 is 2.11 bits per heavy atom. The highest BCUT2D eigenvalue weighted by atomic mass is 16.3. The van der Waals surface area contributed by atoms with E-state index in [-0.39, 0.29) is 11.8 Å². The first kappa shape index (κ1) is 18.5. The predicted octanol–water partition coefficient (Wildman–Crippen LogP) is 3.29. The van der Waals surface area contributed by atoms with Gasteiger partial charge in [-0.15, -0.1) is 0 Å². The summed E-state index contributed by atoms with van der Waals surface area (Å²) < 4.78 is 6.10. The van der Waals surface area contributed by atoms with Crippen molar-refractivity contribution in [1.29, 1.82) is 0 Å². The molecule has 2 aromatic rings. The Hall–Kier alpha value is -1.85. The van der Waals surface area contributed by atoms with Crippen molar-refractivity contribution in [3.63, 3.8) is 0 Å². The van der Waals surface area contributed by atoms with Crippen LogP contribution in [0.5, 0.6) is 0 Å². The van der Waals surface area contributed by atoms with E-state index in [0.29, 0.717) is 13.0 Å². The smallest absolute Gasteiger partial charge is 0.223 e. The molecule has 27 heavy (non-hydrogen) atoms. The number of aryl methyl sites for hydroxylation is 2. The molecule has 1 saturated carbocycles. The molecule has 0 bridgehead atoms. The maximum Gasteiger partial charge on any atom is 0.223 e. The third-order valence-corrected chi connectivity index (χ3v) is 6.11. The summed E-state index contributed by atoms with van der Waals surface area (Å²) in [5.41, 5.74) is 2.61. The molecule has 1 aliphatic carbocycles. The van der Waals surface area contributed by atoms with Gasteiger partial charge in [-0.05, 0) is 70.2 Å². The monoisotopic (exact) mass is 370 g/mol. The van der Waals surface area contributed by atoms with E-state index in [0.717, 1.165) is 56.7 Å². The van der Waals surface area contributed by atoms with Gasteiger partial charge in [0.05, 0.1) is 12.1 Å².